The number of cyclic esters (lactones) is 1. The number of anilines is 1. The number of carbonyl (C=O) groups is 3. The van der Waals surface area contributed by atoms with Gasteiger partial charge in [0.15, 0.2) is 0 Å². The van der Waals surface area contributed by atoms with Crippen LogP contribution in [0.2, 0.25) is 0 Å². The van der Waals surface area contributed by atoms with E-state index in [-0.39, 0.29) is 25.0 Å². The van der Waals surface area contributed by atoms with E-state index in [1.54, 1.807) is 11.8 Å². The standard InChI is InChI=1S/C26H30N2O5S/c1-15-8-5-9-16(2)20(15)27-12-6-11-26-18(19-24(32)33-13-7-10-25(19,4)34-26)22(30)28(17(3)14-29)21(26)23(27)31/h5-11,17-19,21,29H,12-14H2,1-4H3/t17-,18+,19+,21?,25-,26+/m1/s1. The number of ether oxygens (including phenoxy) is 1. The number of benzene rings is 1. The number of thioether (sulfide) groups is 1. The minimum absolute atomic E-state index is 0.175. The van der Waals surface area contributed by atoms with Crippen molar-refractivity contribution in [3.63, 3.8) is 0 Å². The number of amides is 2. The van der Waals surface area contributed by atoms with Crippen LogP contribution in [0.1, 0.15) is 25.0 Å². The van der Waals surface area contributed by atoms with E-state index in [1.165, 1.54) is 16.7 Å². The number of nitrogens with zero attached hydrogens (tertiary/aromatic N) is 2. The predicted octanol–water partition coefficient (Wildman–Crippen LogP) is 2.39. The molecule has 2 saturated heterocycles. The molecule has 4 heterocycles. The first-order valence-electron chi connectivity index (χ1n) is 11.7. The molecule has 0 aliphatic carbocycles. The maximum Gasteiger partial charge on any atom is 0.311 e. The molecule has 2 fully saturated rings. The third-order valence-corrected chi connectivity index (χ3v) is 9.50. The first-order valence-corrected chi connectivity index (χ1v) is 12.5. The van der Waals surface area contributed by atoms with Crippen LogP contribution in [0.25, 0.3) is 0 Å². The van der Waals surface area contributed by atoms with E-state index in [0.717, 1.165) is 16.8 Å². The number of fused-ring (bicyclic) bond motifs is 2. The van der Waals surface area contributed by atoms with E-state index < -0.39 is 39.4 Å². The Morgan fingerprint density at radius 2 is 1.82 bits per heavy atom. The summed E-state index contributed by atoms with van der Waals surface area (Å²) in [5.74, 6) is -2.35. The second-order valence-corrected chi connectivity index (χ2v) is 11.7. The molecule has 0 aromatic heterocycles. The molecular formula is C26H30N2O5S. The summed E-state index contributed by atoms with van der Waals surface area (Å²) in [5.41, 5.74) is 2.79. The van der Waals surface area contributed by atoms with Crippen molar-refractivity contribution in [2.75, 3.05) is 24.7 Å². The second kappa shape index (κ2) is 7.99. The Hall–Kier alpha value is -2.58. The van der Waals surface area contributed by atoms with Gasteiger partial charge in [-0.05, 0) is 44.9 Å². The number of carbonyl (C=O) groups excluding carboxylic acids is 3. The highest BCUT2D eigenvalue weighted by atomic mass is 32.2. The minimum Gasteiger partial charge on any atom is -0.461 e. The predicted molar refractivity (Wildman–Crippen MR) is 130 cm³/mol. The Balaban J connectivity index is 1.70. The smallest absolute Gasteiger partial charge is 0.311 e. The van der Waals surface area contributed by atoms with Crippen LogP contribution < -0.4 is 4.90 Å². The van der Waals surface area contributed by atoms with Crippen LogP contribution in [0.4, 0.5) is 5.69 Å². The molecule has 7 nitrogen and oxygen atoms in total. The molecular weight excluding hydrogens is 452 g/mol. The van der Waals surface area contributed by atoms with Gasteiger partial charge in [0.25, 0.3) is 5.91 Å². The Morgan fingerprint density at radius 1 is 1.12 bits per heavy atom. The van der Waals surface area contributed by atoms with Gasteiger partial charge in [0.1, 0.15) is 12.6 Å². The molecule has 0 radical (unpaired) electrons. The highest BCUT2D eigenvalue weighted by Crippen LogP contribution is 2.65. The van der Waals surface area contributed by atoms with Crippen LogP contribution in [-0.2, 0) is 19.1 Å². The molecule has 1 N–H and O–H groups in total. The minimum atomic E-state index is -0.941. The lowest BCUT2D eigenvalue weighted by Gasteiger charge is -2.39. The molecule has 0 bridgehead atoms. The van der Waals surface area contributed by atoms with Crippen molar-refractivity contribution in [1.29, 1.82) is 0 Å². The highest BCUT2D eigenvalue weighted by molar-refractivity contribution is 8.02. The molecule has 1 spiro atoms. The molecule has 6 atom stereocenters. The van der Waals surface area contributed by atoms with Gasteiger partial charge < -0.3 is 19.6 Å². The average Bonchev–Trinajstić information content (AvgIpc) is 3.06. The van der Waals surface area contributed by atoms with Crippen molar-refractivity contribution in [2.45, 2.75) is 49.3 Å². The number of hydrogen-bond donors (Lipinski definition) is 1. The zero-order valence-corrected chi connectivity index (χ0v) is 20.7. The summed E-state index contributed by atoms with van der Waals surface area (Å²) < 4.78 is 3.82. The van der Waals surface area contributed by atoms with Gasteiger partial charge >= 0.3 is 5.97 Å². The summed E-state index contributed by atoms with van der Waals surface area (Å²) in [6.45, 7) is 7.91. The highest BCUT2D eigenvalue weighted by Gasteiger charge is 2.74. The van der Waals surface area contributed by atoms with E-state index in [9.17, 15) is 19.5 Å². The number of likely N-dealkylation sites (tertiary alicyclic amines) is 1. The van der Waals surface area contributed by atoms with Crippen LogP contribution in [0.3, 0.4) is 0 Å². The first kappa shape index (κ1) is 23.2. The van der Waals surface area contributed by atoms with Gasteiger partial charge in [-0.2, -0.15) is 0 Å². The molecule has 0 saturated carbocycles. The normalized spacial score (nSPS) is 35.4. The molecule has 4 aliphatic heterocycles. The quantitative estimate of drug-likeness (QED) is 0.526. The maximum absolute atomic E-state index is 14.4. The summed E-state index contributed by atoms with van der Waals surface area (Å²) in [4.78, 5) is 44.8. The number of rotatable bonds is 3. The van der Waals surface area contributed by atoms with Crippen LogP contribution in [0, 0.1) is 25.7 Å². The van der Waals surface area contributed by atoms with Crippen molar-refractivity contribution in [3.05, 3.63) is 53.6 Å². The number of esters is 1. The van der Waals surface area contributed by atoms with Gasteiger partial charge in [-0.15, -0.1) is 11.8 Å². The van der Waals surface area contributed by atoms with E-state index in [1.807, 2.05) is 63.3 Å². The van der Waals surface area contributed by atoms with Gasteiger partial charge in [0.2, 0.25) is 5.91 Å². The largest absolute Gasteiger partial charge is 0.461 e. The van der Waals surface area contributed by atoms with Crippen molar-refractivity contribution < 1.29 is 24.2 Å². The number of aliphatic hydroxyl groups is 1. The third kappa shape index (κ3) is 3.04. The van der Waals surface area contributed by atoms with E-state index >= 15 is 0 Å². The fourth-order valence-corrected chi connectivity index (χ4v) is 8.43. The van der Waals surface area contributed by atoms with E-state index in [4.69, 9.17) is 4.74 Å². The lowest BCUT2D eigenvalue weighted by Crippen LogP contribution is -2.56. The number of para-hydroxylation sites is 1. The van der Waals surface area contributed by atoms with Crippen LogP contribution in [-0.4, -0.2) is 69.1 Å². The van der Waals surface area contributed by atoms with E-state index in [2.05, 4.69) is 0 Å². The van der Waals surface area contributed by atoms with Crippen LogP contribution in [0.5, 0.6) is 0 Å². The average molecular weight is 483 g/mol. The van der Waals surface area contributed by atoms with Crippen molar-refractivity contribution in [1.82, 2.24) is 4.90 Å². The first-order chi connectivity index (χ1) is 16.2. The summed E-state index contributed by atoms with van der Waals surface area (Å²) >= 11 is 1.51. The fourth-order valence-electron chi connectivity index (χ4n) is 6.29. The van der Waals surface area contributed by atoms with Crippen molar-refractivity contribution in [3.8, 4) is 0 Å². The molecule has 34 heavy (non-hydrogen) atoms. The molecule has 4 aliphatic rings. The zero-order chi connectivity index (χ0) is 24.4. The number of aryl methyl sites for hydroxylation is 2. The van der Waals surface area contributed by atoms with Crippen LogP contribution in [0.15, 0.2) is 42.5 Å². The summed E-state index contributed by atoms with van der Waals surface area (Å²) in [5, 5.41) is 10.0. The maximum atomic E-state index is 14.4. The molecule has 2 amide bonds. The summed E-state index contributed by atoms with van der Waals surface area (Å²) in [7, 11) is 0. The molecule has 8 heteroatoms. The van der Waals surface area contributed by atoms with Gasteiger partial charge in [-0.25, -0.2) is 0 Å². The Kier molecular flexibility index (Phi) is 5.44. The van der Waals surface area contributed by atoms with Gasteiger partial charge in [0.05, 0.1) is 29.2 Å². The number of hydrogen-bond acceptors (Lipinski definition) is 6. The Labute approximate surface area is 203 Å². The van der Waals surface area contributed by atoms with E-state index in [0.29, 0.717) is 6.54 Å². The molecule has 180 valence electrons. The van der Waals surface area contributed by atoms with Gasteiger partial charge in [0, 0.05) is 17.0 Å². The summed E-state index contributed by atoms with van der Waals surface area (Å²) in [6, 6.07) is 4.49. The molecule has 1 unspecified atom stereocenters. The molecule has 5 rings (SSSR count). The lowest BCUT2D eigenvalue weighted by atomic mass is 9.75. The Morgan fingerprint density at radius 3 is 2.50 bits per heavy atom. The van der Waals surface area contributed by atoms with Gasteiger partial charge in [-0.1, -0.05) is 36.4 Å². The Bertz CT molecular complexity index is 1110. The zero-order valence-electron chi connectivity index (χ0n) is 19.9. The van der Waals surface area contributed by atoms with Crippen molar-refractivity contribution in [2.24, 2.45) is 11.8 Å². The monoisotopic (exact) mass is 482 g/mol. The molecule has 1 aromatic rings. The third-order valence-electron chi connectivity index (χ3n) is 7.70. The fraction of sp³-hybridized carbons (Fsp3) is 0.500. The second-order valence-electron chi connectivity index (χ2n) is 9.90. The molecule has 1 aromatic carbocycles. The SMILES string of the molecule is Cc1cccc(C)c1N1CC=C[C@]23S[C@]4(C)C=CCOC(=O)[C@@H]4[C@H]2C(=O)N([C@H](C)CO)C3C1=O. The number of aliphatic hydroxyl groups excluding tert-OH is 1. The lowest BCUT2D eigenvalue weighted by molar-refractivity contribution is -0.153. The van der Waals surface area contributed by atoms with Crippen LogP contribution >= 0.6 is 11.8 Å². The van der Waals surface area contributed by atoms with Gasteiger partial charge in [-0.3, -0.25) is 14.4 Å². The topological polar surface area (TPSA) is 87.2 Å². The summed E-state index contributed by atoms with van der Waals surface area (Å²) in [6.07, 6.45) is 7.70. The van der Waals surface area contributed by atoms with Crippen molar-refractivity contribution >= 4 is 35.2 Å².